The number of methoxy groups -OCH3 is 1. The average molecular weight is 346 g/mol. The summed E-state index contributed by atoms with van der Waals surface area (Å²) in [6, 6.07) is 10.5. The minimum absolute atomic E-state index is 0.0627. The Bertz CT molecular complexity index is 811. The number of nitriles is 1. The van der Waals surface area contributed by atoms with Crippen LogP contribution in [-0.2, 0) is 4.79 Å². The third-order valence-electron chi connectivity index (χ3n) is 3.26. The van der Waals surface area contributed by atoms with Gasteiger partial charge >= 0.3 is 5.97 Å². The van der Waals surface area contributed by atoms with E-state index >= 15 is 0 Å². The Morgan fingerprint density at radius 3 is 2.62 bits per heavy atom. The second-order valence-corrected chi connectivity index (χ2v) is 5.54. The minimum atomic E-state index is -0.624. The second-order valence-electron chi connectivity index (χ2n) is 5.13. The Morgan fingerprint density at radius 1 is 1.21 bits per heavy atom. The van der Waals surface area contributed by atoms with Gasteiger partial charge in [0.1, 0.15) is 5.75 Å². The van der Waals surface area contributed by atoms with Gasteiger partial charge in [0.05, 0.1) is 23.8 Å². The van der Waals surface area contributed by atoms with Crippen molar-refractivity contribution in [3.05, 3.63) is 52.0 Å². The van der Waals surface area contributed by atoms with E-state index in [4.69, 9.17) is 31.1 Å². The maximum Gasteiger partial charge on any atom is 0.349 e. The van der Waals surface area contributed by atoms with Crippen molar-refractivity contribution in [3.63, 3.8) is 0 Å². The smallest absolute Gasteiger partial charge is 0.349 e. The van der Waals surface area contributed by atoms with Crippen LogP contribution in [0.1, 0.15) is 16.7 Å². The Balaban J connectivity index is 2.10. The predicted molar refractivity (Wildman–Crippen MR) is 89.8 cm³/mol. The Hall–Kier alpha value is -2.71. The van der Waals surface area contributed by atoms with Gasteiger partial charge in [0.15, 0.2) is 18.1 Å². The lowest BCUT2D eigenvalue weighted by Crippen LogP contribution is -2.18. The summed E-state index contributed by atoms with van der Waals surface area (Å²) in [5.41, 5.74) is 2.26. The highest BCUT2D eigenvalue weighted by Gasteiger charge is 2.16. The molecular formula is C18H16ClNO4. The van der Waals surface area contributed by atoms with Crippen molar-refractivity contribution < 1.29 is 19.0 Å². The van der Waals surface area contributed by atoms with E-state index in [0.29, 0.717) is 11.3 Å². The van der Waals surface area contributed by atoms with E-state index < -0.39 is 5.97 Å². The van der Waals surface area contributed by atoms with Crippen LogP contribution >= 0.6 is 11.6 Å². The summed E-state index contributed by atoms with van der Waals surface area (Å²) in [7, 11) is 1.40. The SMILES string of the molecule is COc1cc(C#N)cc(Cl)c1OC(=O)COc1cc(C)ccc1C. The number of rotatable bonds is 5. The lowest BCUT2D eigenvalue weighted by molar-refractivity contribution is -0.136. The summed E-state index contributed by atoms with van der Waals surface area (Å²) in [5, 5.41) is 9.04. The van der Waals surface area contributed by atoms with E-state index in [0.717, 1.165) is 11.1 Å². The van der Waals surface area contributed by atoms with Crippen LogP contribution in [0, 0.1) is 25.2 Å². The molecule has 0 unspecified atom stereocenters. The van der Waals surface area contributed by atoms with E-state index in [1.165, 1.54) is 19.2 Å². The lowest BCUT2D eigenvalue weighted by atomic mass is 10.1. The minimum Gasteiger partial charge on any atom is -0.493 e. The van der Waals surface area contributed by atoms with Crippen molar-refractivity contribution in [2.45, 2.75) is 13.8 Å². The molecule has 0 saturated carbocycles. The number of hydrogen-bond donors (Lipinski definition) is 0. The molecule has 0 aliphatic carbocycles. The standard InChI is InChI=1S/C18H16ClNO4/c1-11-4-5-12(2)15(6-11)23-10-17(21)24-18-14(19)7-13(9-20)8-16(18)22-3/h4-8H,10H2,1-3H3. The molecular weight excluding hydrogens is 330 g/mol. The van der Waals surface area contributed by atoms with Crippen LogP contribution in [0.4, 0.5) is 0 Å². The van der Waals surface area contributed by atoms with Gasteiger partial charge in [-0.15, -0.1) is 0 Å². The van der Waals surface area contributed by atoms with Crippen molar-refractivity contribution in [1.29, 1.82) is 5.26 Å². The highest BCUT2D eigenvalue weighted by molar-refractivity contribution is 6.32. The number of aryl methyl sites for hydroxylation is 2. The molecule has 2 aromatic carbocycles. The van der Waals surface area contributed by atoms with Crippen LogP contribution in [0.3, 0.4) is 0 Å². The number of halogens is 1. The van der Waals surface area contributed by atoms with Crippen LogP contribution in [0.5, 0.6) is 17.2 Å². The van der Waals surface area contributed by atoms with Crippen LogP contribution in [0.25, 0.3) is 0 Å². The van der Waals surface area contributed by atoms with E-state index in [-0.39, 0.29) is 23.1 Å². The fraction of sp³-hybridized carbons (Fsp3) is 0.222. The molecule has 0 bridgehead atoms. The molecule has 2 aromatic rings. The van der Waals surface area contributed by atoms with Gasteiger partial charge in [-0.1, -0.05) is 23.7 Å². The second kappa shape index (κ2) is 7.71. The number of ether oxygens (including phenoxy) is 3. The molecule has 0 aliphatic heterocycles. The maximum atomic E-state index is 12.0. The summed E-state index contributed by atoms with van der Waals surface area (Å²) in [6.07, 6.45) is 0. The zero-order chi connectivity index (χ0) is 17.7. The molecule has 0 radical (unpaired) electrons. The largest absolute Gasteiger partial charge is 0.493 e. The molecule has 24 heavy (non-hydrogen) atoms. The number of esters is 1. The molecule has 0 heterocycles. The first kappa shape index (κ1) is 17.6. The normalized spacial score (nSPS) is 9.96. The van der Waals surface area contributed by atoms with Crippen molar-refractivity contribution in [1.82, 2.24) is 0 Å². The van der Waals surface area contributed by atoms with Crippen molar-refractivity contribution >= 4 is 17.6 Å². The zero-order valence-corrected chi connectivity index (χ0v) is 14.3. The van der Waals surface area contributed by atoms with E-state index in [1.54, 1.807) is 0 Å². The summed E-state index contributed by atoms with van der Waals surface area (Å²) in [5.74, 6) is 0.262. The summed E-state index contributed by atoms with van der Waals surface area (Å²) >= 11 is 6.05. The van der Waals surface area contributed by atoms with Gasteiger partial charge in [-0.2, -0.15) is 5.26 Å². The first-order valence-corrected chi connectivity index (χ1v) is 7.50. The molecule has 0 spiro atoms. The Morgan fingerprint density at radius 2 is 1.96 bits per heavy atom. The van der Waals surface area contributed by atoms with Gasteiger partial charge in [-0.05, 0) is 37.1 Å². The van der Waals surface area contributed by atoms with Crippen LogP contribution in [0.15, 0.2) is 30.3 Å². The van der Waals surface area contributed by atoms with Crippen LogP contribution < -0.4 is 14.2 Å². The monoisotopic (exact) mass is 345 g/mol. The molecule has 0 N–H and O–H groups in total. The molecule has 2 rings (SSSR count). The van der Waals surface area contributed by atoms with Gasteiger partial charge in [0, 0.05) is 6.07 Å². The summed E-state index contributed by atoms with van der Waals surface area (Å²) < 4.78 is 15.8. The molecule has 0 aliphatic rings. The van der Waals surface area contributed by atoms with E-state index in [1.807, 2.05) is 38.1 Å². The highest BCUT2D eigenvalue weighted by atomic mass is 35.5. The highest BCUT2D eigenvalue weighted by Crippen LogP contribution is 2.36. The third kappa shape index (κ3) is 4.18. The topological polar surface area (TPSA) is 68.5 Å². The molecule has 0 fully saturated rings. The number of carbonyl (C=O) groups excluding carboxylic acids is 1. The Kier molecular flexibility index (Phi) is 5.67. The van der Waals surface area contributed by atoms with Crippen LogP contribution in [0.2, 0.25) is 5.02 Å². The van der Waals surface area contributed by atoms with Crippen LogP contribution in [-0.4, -0.2) is 19.7 Å². The zero-order valence-electron chi connectivity index (χ0n) is 13.6. The summed E-state index contributed by atoms with van der Waals surface area (Å²) in [4.78, 5) is 12.0. The molecule has 124 valence electrons. The molecule has 0 saturated heterocycles. The Labute approximate surface area is 145 Å². The van der Waals surface area contributed by atoms with Crippen molar-refractivity contribution in [2.75, 3.05) is 13.7 Å². The van der Waals surface area contributed by atoms with E-state index in [9.17, 15) is 4.79 Å². The maximum absolute atomic E-state index is 12.0. The quantitative estimate of drug-likeness (QED) is 0.608. The molecule has 6 heteroatoms. The first-order valence-electron chi connectivity index (χ1n) is 7.13. The fourth-order valence-electron chi connectivity index (χ4n) is 2.03. The number of hydrogen-bond acceptors (Lipinski definition) is 5. The molecule has 0 aromatic heterocycles. The van der Waals surface area contributed by atoms with E-state index in [2.05, 4.69) is 0 Å². The number of carbonyl (C=O) groups is 1. The number of benzene rings is 2. The average Bonchev–Trinajstić information content (AvgIpc) is 2.57. The molecule has 5 nitrogen and oxygen atoms in total. The lowest BCUT2D eigenvalue weighted by Gasteiger charge is -2.13. The first-order chi connectivity index (χ1) is 11.4. The van der Waals surface area contributed by atoms with Gasteiger partial charge in [-0.3, -0.25) is 0 Å². The summed E-state index contributed by atoms with van der Waals surface area (Å²) in [6.45, 7) is 3.55. The van der Waals surface area contributed by atoms with Gasteiger partial charge in [0.25, 0.3) is 0 Å². The molecule has 0 amide bonds. The number of nitrogens with zero attached hydrogens (tertiary/aromatic N) is 1. The van der Waals surface area contributed by atoms with Gasteiger partial charge in [-0.25, -0.2) is 4.79 Å². The third-order valence-corrected chi connectivity index (χ3v) is 3.54. The van der Waals surface area contributed by atoms with Crippen molar-refractivity contribution in [3.8, 4) is 23.3 Å². The molecule has 0 atom stereocenters. The van der Waals surface area contributed by atoms with Crippen molar-refractivity contribution in [2.24, 2.45) is 0 Å². The van der Waals surface area contributed by atoms with Gasteiger partial charge in [0.2, 0.25) is 0 Å². The van der Waals surface area contributed by atoms with Gasteiger partial charge < -0.3 is 14.2 Å². The fourth-order valence-corrected chi connectivity index (χ4v) is 2.28. The predicted octanol–water partition coefficient (Wildman–Crippen LogP) is 3.82.